The number of hydrogen-bond acceptors (Lipinski definition) is 2. The Morgan fingerprint density at radius 3 is 3.09 bits per heavy atom. The normalized spacial score (nSPS) is 15.5. The number of nitrogens with two attached hydrogens (primary N) is 1. The molecule has 0 aromatic rings. The van der Waals surface area contributed by atoms with Crippen LogP contribution in [0.4, 0.5) is 0 Å². The minimum Gasteiger partial charge on any atom is -0.387 e. The average molecular weight is 148 g/mol. The lowest BCUT2D eigenvalue weighted by Gasteiger charge is -1.93. The van der Waals surface area contributed by atoms with E-state index in [9.17, 15) is 0 Å². The predicted molar refractivity (Wildman–Crippen MR) is 47.0 cm³/mol. The third-order valence-electron chi connectivity index (χ3n) is 1.59. The molecule has 0 atom stereocenters. The molecule has 0 aromatic carbocycles. The van der Waals surface area contributed by atoms with Gasteiger partial charge in [0.05, 0.1) is 0 Å². The summed E-state index contributed by atoms with van der Waals surface area (Å²) in [5, 5.41) is 0. The van der Waals surface area contributed by atoms with Crippen molar-refractivity contribution in [3.63, 3.8) is 0 Å². The van der Waals surface area contributed by atoms with Gasteiger partial charge in [-0.05, 0) is 12.8 Å². The van der Waals surface area contributed by atoms with E-state index in [2.05, 4.69) is 17.0 Å². The molecule has 0 fully saturated rings. The third kappa shape index (κ3) is 2.46. The molecule has 2 N–H and O–H groups in total. The predicted octanol–water partition coefficient (Wildman–Crippen LogP) is 1.43. The quantitative estimate of drug-likeness (QED) is 0.477. The first kappa shape index (κ1) is 7.87. The van der Waals surface area contributed by atoms with Crippen LogP contribution in [0.15, 0.2) is 16.8 Å². The van der Waals surface area contributed by atoms with Crippen LogP contribution in [0.25, 0.3) is 0 Å². The van der Waals surface area contributed by atoms with Gasteiger partial charge in [0.1, 0.15) is 5.84 Å². The van der Waals surface area contributed by atoms with E-state index in [4.69, 9.17) is 12.2 Å². The van der Waals surface area contributed by atoms with E-state index in [1.54, 1.807) is 0 Å². The number of unbranched alkanes of at least 4 members (excludes halogenated alkanes) is 1. The molecule has 1 aliphatic heterocycles. The van der Waals surface area contributed by atoms with Crippen molar-refractivity contribution in [3.05, 3.63) is 11.8 Å². The van der Waals surface area contributed by atoms with Gasteiger partial charge in [-0.1, -0.05) is 6.08 Å². The van der Waals surface area contributed by atoms with Crippen LogP contribution in [0, 0.1) is 12.3 Å². The Hall–Kier alpha value is -1.23. The highest BCUT2D eigenvalue weighted by Gasteiger charge is 2.03. The fourth-order valence-electron chi connectivity index (χ4n) is 1.03. The SMILES string of the molecule is C#CCCCC1=CCC(N)=N1. The van der Waals surface area contributed by atoms with Crippen molar-refractivity contribution in [1.29, 1.82) is 0 Å². The van der Waals surface area contributed by atoms with Crippen molar-refractivity contribution in [2.75, 3.05) is 0 Å². The second kappa shape index (κ2) is 3.82. The number of amidine groups is 1. The molecular weight excluding hydrogens is 136 g/mol. The van der Waals surface area contributed by atoms with Crippen LogP contribution in [0.1, 0.15) is 25.7 Å². The zero-order chi connectivity index (χ0) is 8.10. The Balaban J connectivity index is 2.24. The van der Waals surface area contributed by atoms with Gasteiger partial charge in [-0.25, -0.2) is 4.99 Å². The zero-order valence-corrected chi connectivity index (χ0v) is 6.51. The first-order chi connectivity index (χ1) is 5.33. The summed E-state index contributed by atoms with van der Waals surface area (Å²) < 4.78 is 0. The van der Waals surface area contributed by atoms with E-state index in [-0.39, 0.29) is 0 Å². The molecule has 0 unspecified atom stereocenters. The van der Waals surface area contributed by atoms with Crippen molar-refractivity contribution >= 4 is 5.84 Å². The molecule has 0 aromatic heterocycles. The summed E-state index contributed by atoms with van der Waals surface area (Å²) in [4.78, 5) is 4.15. The van der Waals surface area contributed by atoms with Crippen LogP contribution in [0.5, 0.6) is 0 Å². The van der Waals surface area contributed by atoms with E-state index in [1.165, 1.54) is 0 Å². The standard InChI is InChI=1S/C9H12N2/c1-2-3-4-5-8-6-7-9(10)11-8/h1,6H,3-5,7H2,(H2,10,11). The summed E-state index contributed by atoms with van der Waals surface area (Å²) in [6.45, 7) is 0. The van der Waals surface area contributed by atoms with E-state index in [1.807, 2.05) is 0 Å². The molecule has 58 valence electrons. The molecule has 0 bridgehead atoms. The summed E-state index contributed by atoms with van der Waals surface area (Å²) in [7, 11) is 0. The van der Waals surface area contributed by atoms with Crippen LogP contribution in [0.3, 0.4) is 0 Å². The van der Waals surface area contributed by atoms with Crippen molar-refractivity contribution in [2.24, 2.45) is 10.7 Å². The highest BCUT2D eigenvalue weighted by Crippen LogP contribution is 2.14. The minimum atomic E-state index is 0.723. The van der Waals surface area contributed by atoms with E-state index < -0.39 is 0 Å². The maximum atomic E-state index is 5.49. The van der Waals surface area contributed by atoms with Gasteiger partial charge in [0.2, 0.25) is 0 Å². The molecule has 1 aliphatic rings. The van der Waals surface area contributed by atoms with Gasteiger partial charge >= 0.3 is 0 Å². The minimum absolute atomic E-state index is 0.723. The number of terminal acetylenes is 1. The molecule has 1 rings (SSSR count). The smallest absolute Gasteiger partial charge is 0.103 e. The number of allylic oxidation sites excluding steroid dienone is 1. The number of nitrogens with zero attached hydrogens (tertiary/aromatic N) is 1. The summed E-state index contributed by atoms with van der Waals surface area (Å²) in [6.07, 6.45) is 10.8. The number of hydrogen-bond donors (Lipinski definition) is 1. The van der Waals surface area contributed by atoms with Crippen LogP contribution in [-0.2, 0) is 0 Å². The molecule has 0 spiro atoms. The third-order valence-corrected chi connectivity index (χ3v) is 1.59. The Morgan fingerprint density at radius 1 is 1.73 bits per heavy atom. The molecule has 2 nitrogen and oxygen atoms in total. The molecule has 0 saturated carbocycles. The van der Waals surface area contributed by atoms with Crippen molar-refractivity contribution in [3.8, 4) is 12.3 Å². The molecule has 0 radical (unpaired) electrons. The lowest BCUT2D eigenvalue weighted by molar-refractivity contribution is 0.840. The van der Waals surface area contributed by atoms with Crippen LogP contribution in [-0.4, -0.2) is 5.84 Å². The molecule has 0 saturated heterocycles. The van der Waals surface area contributed by atoms with Gasteiger partial charge in [0, 0.05) is 18.5 Å². The highest BCUT2D eigenvalue weighted by atomic mass is 14.9. The summed E-state index contributed by atoms with van der Waals surface area (Å²) in [5.74, 6) is 3.32. The van der Waals surface area contributed by atoms with Crippen LogP contribution in [0.2, 0.25) is 0 Å². The second-order valence-electron chi connectivity index (χ2n) is 2.56. The van der Waals surface area contributed by atoms with E-state index in [0.29, 0.717) is 0 Å². The van der Waals surface area contributed by atoms with Gasteiger partial charge in [-0.2, -0.15) is 0 Å². The number of rotatable bonds is 3. The van der Waals surface area contributed by atoms with E-state index in [0.717, 1.165) is 37.2 Å². The molecule has 1 heterocycles. The molecule has 0 aliphatic carbocycles. The summed E-state index contributed by atoms with van der Waals surface area (Å²) in [5.41, 5.74) is 6.58. The Labute approximate surface area is 67.2 Å². The second-order valence-corrected chi connectivity index (χ2v) is 2.56. The maximum absolute atomic E-state index is 5.49. The van der Waals surface area contributed by atoms with Crippen molar-refractivity contribution < 1.29 is 0 Å². The number of aliphatic imine (C=N–C) groups is 1. The Bertz CT molecular complexity index is 230. The van der Waals surface area contributed by atoms with Crippen LogP contribution < -0.4 is 5.73 Å². The van der Waals surface area contributed by atoms with E-state index >= 15 is 0 Å². The molecular formula is C9H12N2. The van der Waals surface area contributed by atoms with Crippen molar-refractivity contribution in [1.82, 2.24) is 0 Å². The Morgan fingerprint density at radius 2 is 2.55 bits per heavy atom. The molecule has 2 heteroatoms. The highest BCUT2D eigenvalue weighted by molar-refractivity contribution is 5.84. The van der Waals surface area contributed by atoms with Crippen molar-refractivity contribution in [2.45, 2.75) is 25.7 Å². The van der Waals surface area contributed by atoms with Gasteiger partial charge in [0.25, 0.3) is 0 Å². The molecule has 0 amide bonds. The van der Waals surface area contributed by atoms with Gasteiger partial charge in [-0.3, -0.25) is 0 Å². The molecule has 11 heavy (non-hydrogen) atoms. The van der Waals surface area contributed by atoms with Gasteiger partial charge < -0.3 is 5.73 Å². The Kier molecular flexibility index (Phi) is 2.74. The maximum Gasteiger partial charge on any atom is 0.103 e. The first-order valence-corrected chi connectivity index (χ1v) is 3.78. The topological polar surface area (TPSA) is 38.4 Å². The largest absolute Gasteiger partial charge is 0.387 e. The fourth-order valence-corrected chi connectivity index (χ4v) is 1.03. The van der Waals surface area contributed by atoms with Gasteiger partial charge in [0.15, 0.2) is 0 Å². The van der Waals surface area contributed by atoms with Gasteiger partial charge in [-0.15, -0.1) is 12.3 Å². The lowest BCUT2D eigenvalue weighted by Crippen LogP contribution is -2.06. The first-order valence-electron chi connectivity index (χ1n) is 3.78. The zero-order valence-electron chi connectivity index (χ0n) is 6.51. The lowest BCUT2D eigenvalue weighted by atomic mass is 10.2. The summed E-state index contributed by atoms with van der Waals surface area (Å²) in [6, 6.07) is 0. The fraction of sp³-hybridized carbons (Fsp3) is 0.444. The average Bonchev–Trinajstić information content (AvgIpc) is 2.37. The monoisotopic (exact) mass is 148 g/mol. The van der Waals surface area contributed by atoms with Crippen LogP contribution >= 0.6 is 0 Å². The summed E-state index contributed by atoms with van der Waals surface area (Å²) >= 11 is 0.